The molecule has 2 amide bonds. The Kier molecular flexibility index (Phi) is 9.68. The van der Waals surface area contributed by atoms with E-state index in [2.05, 4.69) is 10.3 Å². The summed E-state index contributed by atoms with van der Waals surface area (Å²) in [6.07, 6.45) is 0.955. The fourth-order valence-electron chi connectivity index (χ4n) is 5.36. The van der Waals surface area contributed by atoms with Crippen LogP contribution >= 0.6 is 23.1 Å². The number of fused-ring (bicyclic) bond motifs is 1. The van der Waals surface area contributed by atoms with Crippen LogP contribution in [0.15, 0.2) is 83.5 Å². The van der Waals surface area contributed by atoms with Crippen molar-refractivity contribution in [2.24, 2.45) is 0 Å². The third-order valence-corrected chi connectivity index (χ3v) is 9.87. The molecule has 0 bridgehead atoms. The number of nitrogens with one attached hydrogen (secondary N) is 1. The first-order valence-electron chi connectivity index (χ1n) is 14.3. The van der Waals surface area contributed by atoms with Gasteiger partial charge in [0.15, 0.2) is 11.9 Å². The number of ketones is 1. The second-order valence-corrected chi connectivity index (χ2v) is 12.7. The normalized spacial score (nSPS) is 20.5. The summed E-state index contributed by atoms with van der Waals surface area (Å²) in [6, 6.07) is 17.4. The van der Waals surface area contributed by atoms with Crippen LogP contribution in [-0.2, 0) is 39.9 Å². The molecule has 12 nitrogen and oxygen atoms in total. The quantitative estimate of drug-likeness (QED) is 0.139. The lowest BCUT2D eigenvalue weighted by molar-refractivity contribution is -0.173. The molecular weight excluding hydrogens is 634 g/mol. The monoisotopic (exact) mass is 663 g/mol. The number of unbranched alkanes of at least 4 members (excludes halogenated alkanes) is 1. The Balaban J connectivity index is 1.60. The Morgan fingerprint density at radius 3 is 2.17 bits per heavy atom. The molecule has 3 aromatic rings. The van der Waals surface area contributed by atoms with Crippen molar-refractivity contribution in [1.29, 1.82) is 0 Å². The number of aliphatic carboxylic acids is 2. The maximum absolute atomic E-state index is 14.2. The highest BCUT2D eigenvalue weighted by Crippen LogP contribution is 2.50. The van der Waals surface area contributed by atoms with E-state index in [1.807, 2.05) is 6.92 Å². The lowest BCUT2D eigenvalue weighted by Crippen LogP contribution is -2.83. The molecule has 5 rings (SSSR count). The van der Waals surface area contributed by atoms with Crippen molar-refractivity contribution in [3.8, 4) is 0 Å². The third-order valence-electron chi connectivity index (χ3n) is 7.56. The second-order valence-electron chi connectivity index (χ2n) is 10.5. The number of ether oxygens (including phenoxy) is 1. The van der Waals surface area contributed by atoms with E-state index in [-0.39, 0.29) is 12.8 Å². The number of β-lactam (4-membered cyclic amide) rings is 1. The molecule has 1 saturated heterocycles. The summed E-state index contributed by atoms with van der Waals surface area (Å²) < 4.78 is 5.97. The highest BCUT2D eigenvalue weighted by molar-refractivity contribution is 8.01. The molecule has 0 saturated carbocycles. The van der Waals surface area contributed by atoms with Crippen LogP contribution in [0.2, 0.25) is 0 Å². The van der Waals surface area contributed by atoms with Crippen molar-refractivity contribution in [3.63, 3.8) is 0 Å². The van der Waals surface area contributed by atoms with Crippen LogP contribution in [0.5, 0.6) is 0 Å². The Morgan fingerprint density at radius 2 is 1.65 bits per heavy atom. The summed E-state index contributed by atoms with van der Waals surface area (Å²) in [4.78, 5) is 84.8. The third kappa shape index (κ3) is 6.05. The number of hydrogen-bond acceptors (Lipinski definition) is 10. The van der Waals surface area contributed by atoms with E-state index in [4.69, 9.17) is 4.74 Å². The molecule has 2 unspecified atom stereocenters. The molecule has 14 heteroatoms. The first-order valence-corrected chi connectivity index (χ1v) is 16.1. The van der Waals surface area contributed by atoms with Gasteiger partial charge in [0.1, 0.15) is 21.3 Å². The van der Waals surface area contributed by atoms with E-state index in [1.165, 1.54) is 6.20 Å². The number of carboxylic acid groups (broad SMARTS) is 2. The smallest absolute Gasteiger partial charge is 0.356 e. The van der Waals surface area contributed by atoms with Gasteiger partial charge in [-0.15, -0.1) is 23.1 Å². The van der Waals surface area contributed by atoms with Gasteiger partial charge in [-0.3, -0.25) is 24.1 Å². The standard InChI is InChI=1S/C32H29N3O9S2/c1-2-3-14-20(36)23-24(28(40)44-25(18-10-6-4-7-11-18)19-12-8-5-9-13-19)35-29(41)32(31(42)43,30(35)46-26(23)27(38)39)34-21(37)17-22-33-15-16-45-22/h4-13,15-16,25-26,30H,2-3,14,17H2,1H3,(H,34,37)(H,38,39)(H,42,43)/t26?,30-,32?/m0/s1. The molecular formula is C32H29N3O9S2. The summed E-state index contributed by atoms with van der Waals surface area (Å²) >= 11 is 1.64. The number of nitrogens with zero attached hydrogens (tertiary/aromatic N) is 2. The number of carbonyl (C=O) groups is 6. The summed E-state index contributed by atoms with van der Waals surface area (Å²) in [7, 11) is 0. The van der Waals surface area contributed by atoms with E-state index in [1.54, 1.807) is 66.0 Å². The van der Waals surface area contributed by atoms with Crippen LogP contribution in [0, 0.1) is 0 Å². The van der Waals surface area contributed by atoms with E-state index in [9.17, 15) is 39.0 Å². The van der Waals surface area contributed by atoms with Gasteiger partial charge in [0.2, 0.25) is 11.4 Å². The Hall–Kier alpha value is -4.82. The molecule has 3 atom stereocenters. The minimum atomic E-state index is -2.62. The lowest BCUT2D eigenvalue weighted by atomic mass is 9.84. The van der Waals surface area contributed by atoms with Gasteiger partial charge in [0, 0.05) is 18.0 Å². The van der Waals surface area contributed by atoms with E-state index >= 15 is 0 Å². The van der Waals surface area contributed by atoms with E-state index in [0.717, 1.165) is 16.2 Å². The molecule has 2 aromatic carbocycles. The molecule has 0 radical (unpaired) electrons. The van der Waals surface area contributed by atoms with E-state index < -0.39 is 69.0 Å². The summed E-state index contributed by atoms with van der Waals surface area (Å²) in [5.74, 6) is -7.19. The summed E-state index contributed by atoms with van der Waals surface area (Å²) in [6.45, 7) is 1.83. The summed E-state index contributed by atoms with van der Waals surface area (Å²) in [5, 5.41) is 21.5. The van der Waals surface area contributed by atoms with E-state index in [0.29, 0.717) is 40.7 Å². The SMILES string of the molecule is CCCCC(=O)C1=C(C(=O)OC(c2ccccc2)c2ccccc2)N2C(=O)C(NC(=O)Cc3nccs3)(C(=O)O)[C@@H]2SC1C(=O)O. The zero-order chi connectivity index (χ0) is 33.0. The molecule has 238 valence electrons. The lowest BCUT2D eigenvalue weighted by Gasteiger charge is -2.55. The Bertz CT molecular complexity index is 1660. The molecule has 2 aliphatic heterocycles. The molecule has 0 spiro atoms. The van der Waals surface area contributed by atoms with Crippen molar-refractivity contribution in [2.75, 3.05) is 0 Å². The van der Waals surface area contributed by atoms with Gasteiger partial charge in [-0.05, 0) is 17.5 Å². The average molecular weight is 664 g/mol. The minimum Gasteiger partial charge on any atom is -0.480 e. The van der Waals surface area contributed by atoms with Gasteiger partial charge >= 0.3 is 17.9 Å². The fourth-order valence-corrected chi connectivity index (χ4v) is 7.51. The molecule has 1 aromatic heterocycles. The maximum Gasteiger partial charge on any atom is 0.356 e. The van der Waals surface area contributed by atoms with Gasteiger partial charge in [0.05, 0.1) is 12.0 Å². The Morgan fingerprint density at radius 1 is 1.02 bits per heavy atom. The highest BCUT2D eigenvalue weighted by Gasteiger charge is 2.72. The zero-order valence-electron chi connectivity index (χ0n) is 24.5. The number of rotatable bonds is 13. The van der Waals surface area contributed by atoms with Gasteiger partial charge in [-0.25, -0.2) is 14.6 Å². The number of thioether (sulfide) groups is 1. The molecule has 3 N–H and O–H groups in total. The number of carboxylic acids is 2. The molecule has 2 aliphatic rings. The Labute approximate surface area is 271 Å². The second kappa shape index (κ2) is 13.7. The zero-order valence-corrected chi connectivity index (χ0v) is 26.1. The number of thiazole rings is 1. The molecule has 1 fully saturated rings. The topological polar surface area (TPSA) is 180 Å². The molecule has 46 heavy (non-hydrogen) atoms. The van der Waals surface area contributed by atoms with Crippen molar-refractivity contribution in [3.05, 3.63) is 99.6 Å². The van der Waals surface area contributed by atoms with Gasteiger partial charge in [-0.2, -0.15) is 0 Å². The van der Waals surface area contributed by atoms with Gasteiger partial charge in [-0.1, -0.05) is 74.0 Å². The first kappa shape index (κ1) is 32.6. The predicted molar refractivity (Wildman–Crippen MR) is 166 cm³/mol. The average Bonchev–Trinajstić information content (AvgIpc) is 3.57. The first-order chi connectivity index (χ1) is 22.1. The molecule has 0 aliphatic carbocycles. The fraction of sp³-hybridized carbons (Fsp3) is 0.281. The number of hydrogen-bond donors (Lipinski definition) is 3. The van der Waals surface area contributed by atoms with Crippen molar-refractivity contribution >= 4 is 58.6 Å². The number of carbonyl (C=O) groups excluding carboxylic acids is 4. The summed E-state index contributed by atoms with van der Waals surface area (Å²) in [5.41, 5.74) is -2.61. The van der Waals surface area contributed by atoms with Crippen LogP contribution in [0.25, 0.3) is 0 Å². The van der Waals surface area contributed by atoms with Crippen LogP contribution < -0.4 is 5.32 Å². The van der Waals surface area contributed by atoms with Crippen LogP contribution in [0.1, 0.15) is 48.4 Å². The highest BCUT2D eigenvalue weighted by atomic mass is 32.2. The predicted octanol–water partition coefficient (Wildman–Crippen LogP) is 3.34. The van der Waals surface area contributed by atoms with Crippen molar-refractivity contribution in [2.45, 2.75) is 54.9 Å². The number of Topliss-reactive ketones (excluding diaryl/α,β-unsaturated/α-hetero) is 1. The van der Waals surface area contributed by atoms with Gasteiger partial charge in [0.25, 0.3) is 5.91 Å². The van der Waals surface area contributed by atoms with Crippen LogP contribution in [0.4, 0.5) is 0 Å². The number of amides is 2. The van der Waals surface area contributed by atoms with Gasteiger partial charge < -0.3 is 20.3 Å². The molecule has 3 heterocycles. The number of benzene rings is 2. The maximum atomic E-state index is 14.2. The van der Waals surface area contributed by atoms with Crippen molar-refractivity contribution < 1.29 is 43.7 Å². The largest absolute Gasteiger partial charge is 0.480 e. The van der Waals surface area contributed by atoms with Crippen molar-refractivity contribution in [1.82, 2.24) is 15.2 Å². The number of esters is 1. The van der Waals surface area contributed by atoms with Crippen LogP contribution in [-0.4, -0.2) is 71.8 Å². The van der Waals surface area contributed by atoms with Crippen LogP contribution in [0.3, 0.4) is 0 Å². The number of aromatic nitrogens is 1. The minimum absolute atomic E-state index is 0.116.